The maximum absolute atomic E-state index is 12.7. The topological polar surface area (TPSA) is 58.1 Å². The number of carbonyl (C=O) groups is 1. The number of nitrogens with one attached hydrogen (secondary N) is 1. The lowest BCUT2D eigenvalue weighted by Crippen LogP contribution is -2.48. The second-order valence-corrected chi connectivity index (χ2v) is 7.28. The van der Waals surface area contributed by atoms with E-state index in [4.69, 9.17) is 0 Å². The van der Waals surface area contributed by atoms with Gasteiger partial charge in [-0.2, -0.15) is 0 Å². The van der Waals surface area contributed by atoms with Crippen LogP contribution in [0.3, 0.4) is 0 Å². The van der Waals surface area contributed by atoms with Gasteiger partial charge in [0.25, 0.3) is 0 Å². The van der Waals surface area contributed by atoms with Crippen LogP contribution in [0.5, 0.6) is 0 Å². The zero-order valence-electron chi connectivity index (χ0n) is 14.1. The molecule has 0 unspecified atom stereocenters. The molecule has 0 bridgehead atoms. The van der Waals surface area contributed by atoms with Crippen LogP contribution < -0.4 is 5.32 Å². The number of hydrogen-bond acceptors (Lipinski definition) is 5. The minimum atomic E-state index is -0.0440. The van der Waals surface area contributed by atoms with Gasteiger partial charge in [0.05, 0.1) is 12.6 Å². The summed E-state index contributed by atoms with van der Waals surface area (Å²) in [5, 5.41) is 13.2. The molecule has 128 valence electrons. The number of aromatic nitrogens is 2. The highest BCUT2D eigenvalue weighted by atomic mass is 32.1. The molecule has 1 N–H and O–H groups in total. The molecule has 0 saturated carbocycles. The molecule has 1 aromatic heterocycles. The monoisotopic (exact) mass is 344 g/mol. The van der Waals surface area contributed by atoms with Crippen molar-refractivity contribution >= 4 is 17.2 Å². The molecule has 6 heteroatoms. The molecule has 1 aliphatic heterocycles. The Morgan fingerprint density at radius 2 is 2.04 bits per heavy atom. The Kier molecular flexibility index (Phi) is 5.93. The number of likely N-dealkylation sites (tertiary alicyclic amines) is 1. The number of amides is 1. The predicted octanol–water partition coefficient (Wildman–Crippen LogP) is 2.77. The van der Waals surface area contributed by atoms with Crippen LogP contribution in [0.25, 0.3) is 0 Å². The molecule has 1 atom stereocenters. The van der Waals surface area contributed by atoms with Gasteiger partial charge >= 0.3 is 0 Å². The molecule has 0 spiro atoms. The van der Waals surface area contributed by atoms with Crippen molar-refractivity contribution in [2.24, 2.45) is 0 Å². The van der Waals surface area contributed by atoms with Gasteiger partial charge < -0.3 is 5.32 Å². The first-order valence-electron chi connectivity index (χ1n) is 8.63. The number of nitrogens with zero attached hydrogens (tertiary/aromatic N) is 3. The van der Waals surface area contributed by atoms with Crippen LogP contribution in [-0.2, 0) is 24.3 Å². The summed E-state index contributed by atoms with van der Waals surface area (Å²) >= 11 is 1.57. The second kappa shape index (κ2) is 8.35. The van der Waals surface area contributed by atoms with Gasteiger partial charge in [0.1, 0.15) is 10.0 Å². The Morgan fingerprint density at radius 3 is 2.79 bits per heavy atom. The molecule has 1 aromatic carbocycles. The lowest BCUT2D eigenvalue weighted by molar-refractivity contribution is -0.128. The molecule has 3 rings (SSSR count). The molecule has 1 fully saturated rings. The Hall–Kier alpha value is -1.79. The van der Waals surface area contributed by atoms with Crippen molar-refractivity contribution in [2.45, 2.75) is 51.7 Å². The summed E-state index contributed by atoms with van der Waals surface area (Å²) in [5.74, 6) is 0.110. The number of rotatable bonds is 6. The van der Waals surface area contributed by atoms with Gasteiger partial charge in [-0.15, -0.1) is 10.2 Å². The highest BCUT2D eigenvalue weighted by Gasteiger charge is 2.28. The summed E-state index contributed by atoms with van der Waals surface area (Å²) in [6.07, 6.45) is 4.09. The Labute approximate surface area is 147 Å². The zero-order chi connectivity index (χ0) is 16.8. The first-order valence-corrected chi connectivity index (χ1v) is 9.45. The number of piperidine rings is 1. The Morgan fingerprint density at radius 1 is 1.25 bits per heavy atom. The summed E-state index contributed by atoms with van der Waals surface area (Å²) in [6, 6.07) is 10.3. The predicted molar refractivity (Wildman–Crippen MR) is 95.6 cm³/mol. The number of benzene rings is 1. The van der Waals surface area contributed by atoms with E-state index in [1.54, 1.807) is 11.3 Å². The fourth-order valence-electron chi connectivity index (χ4n) is 3.08. The molecule has 1 saturated heterocycles. The standard InChI is InChI=1S/C18H24N4OS/c1-2-16-20-21-17(24-16)12-19-18(23)15-10-6-7-11-22(15)13-14-8-4-3-5-9-14/h3-5,8-9,15H,2,6-7,10-13H2,1H3,(H,19,23)/t15-/m1/s1. The van der Waals surface area contributed by atoms with E-state index in [2.05, 4.69) is 51.6 Å². The van der Waals surface area contributed by atoms with E-state index in [1.807, 2.05) is 6.07 Å². The molecule has 24 heavy (non-hydrogen) atoms. The third-order valence-electron chi connectivity index (χ3n) is 4.37. The Bertz CT molecular complexity index is 658. The molecule has 1 aliphatic rings. The summed E-state index contributed by atoms with van der Waals surface area (Å²) in [6.45, 7) is 4.35. The van der Waals surface area contributed by atoms with Crippen LogP contribution >= 0.6 is 11.3 Å². The van der Waals surface area contributed by atoms with Crippen molar-refractivity contribution in [3.8, 4) is 0 Å². The maximum atomic E-state index is 12.7. The van der Waals surface area contributed by atoms with E-state index in [1.165, 1.54) is 5.56 Å². The van der Waals surface area contributed by atoms with Crippen LogP contribution in [0, 0.1) is 0 Å². The summed E-state index contributed by atoms with van der Waals surface area (Å²) in [5.41, 5.74) is 1.26. The fraction of sp³-hybridized carbons (Fsp3) is 0.500. The van der Waals surface area contributed by atoms with Crippen molar-refractivity contribution < 1.29 is 4.79 Å². The largest absolute Gasteiger partial charge is 0.348 e. The molecule has 0 radical (unpaired) electrons. The third kappa shape index (κ3) is 4.39. The van der Waals surface area contributed by atoms with Gasteiger partial charge in [-0.25, -0.2) is 0 Å². The van der Waals surface area contributed by atoms with Crippen molar-refractivity contribution in [1.82, 2.24) is 20.4 Å². The highest BCUT2D eigenvalue weighted by molar-refractivity contribution is 7.11. The summed E-state index contributed by atoms with van der Waals surface area (Å²) < 4.78 is 0. The average Bonchev–Trinajstić information content (AvgIpc) is 3.09. The van der Waals surface area contributed by atoms with Gasteiger partial charge in [-0.05, 0) is 31.4 Å². The molecular weight excluding hydrogens is 320 g/mol. The van der Waals surface area contributed by atoms with Crippen molar-refractivity contribution in [1.29, 1.82) is 0 Å². The van der Waals surface area contributed by atoms with Crippen LogP contribution in [-0.4, -0.2) is 33.6 Å². The lowest BCUT2D eigenvalue weighted by atomic mass is 10.0. The summed E-state index contributed by atoms with van der Waals surface area (Å²) in [4.78, 5) is 14.9. The fourth-order valence-corrected chi connectivity index (χ4v) is 3.80. The molecule has 2 heterocycles. The smallest absolute Gasteiger partial charge is 0.237 e. The van der Waals surface area contributed by atoms with Gasteiger partial charge in [0, 0.05) is 6.54 Å². The number of hydrogen-bond donors (Lipinski definition) is 1. The van der Waals surface area contributed by atoms with Gasteiger partial charge in [0.15, 0.2) is 0 Å². The van der Waals surface area contributed by atoms with Crippen LogP contribution in [0.2, 0.25) is 0 Å². The third-order valence-corrected chi connectivity index (χ3v) is 5.44. The van der Waals surface area contributed by atoms with Crippen LogP contribution in [0.1, 0.15) is 41.8 Å². The number of aryl methyl sites for hydroxylation is 1. The van der Waals surface area contributed by atoms with E-state index >= 15 is 0 Å². The molecule has 5 nitrogen and oxygen atoms in total. The average molecular weight is 344 g/mol. The molecule has 1 amide bonds. The lowest BCUT2D eigenvalue weighted by Gasteiger charge is -2.34. The van der Waals surface area contributed by atoms with Crippen LogP contribution in [0.15, 0.2) is 30.3 Å². The summed E-state index contributed by atoms with van der Waals surface area (Å²) in [7, 11) is 0. The second-order valence-electron chi connectivity index (χ2n) is 6.13. The minimum Gasteiger partial charge on any atom is -0.348 e. The van der Waals surface area contributed by atoms with Crippen molar-refractivity contribution in [2.75, 3.05) is 6.54 Å². The van der Waals surface area contributed by atoms with Crippen molar-refractivity contribution in [3.63, 3.8) is 0 Å². The van der Waals surface area contributed by atoms with Gasteiger partial charge in [-0.1, -0.05) is 55.0 Å². The van der Waals surface area contributed by atoms with E-state index in [0.717, 1.165) is 48.8 Å². The Balaban J connectivity index is 1.58. The van der Waals surface area contributed by atoms with Crippen molar-refractivity contribution in [3.05, 3.63) is 45.9 Å². The highest BCUT2D eigenvalue weighted by Crippen LogP contribution is 2.20. The first kappa shape index (κ1) is 17.0. The normalized spacial score (nSPS) is 18.5. The molecule has 0 aliphatic carbocycles. The van der Waals surface area contributed by atoms with E-state index in [0.29, 0.717) is 6.54 Å². The van der Waals surface area contributed by atoms with E-state index < -0.39 is 0 Å². The van der Waals surface area contributed by atoms with Gasteiger partial charge in [-0.3, -0.25) is 9.69 Å². The SMILES string of the molecule is CCc1nnc(CNC(=O)[C@H]2CCCCN2Cc2ccccc2)s1. The minimum absolute atomic E-state index is 0.0440. The van der Waals surface area contributed by atoms with Crippen LogP contribution in [0.4, 0.5) is 0 Å². The van der Waals surface area contributed by atoms with E-state index in [-0.39, 0.29) is 11.9 Å². The molecular formula is C18H24N4OS. The molecule has 2 aromatic rings. The van der Waals surface area contributed by atoms with E-state index in [9.17, 15) is 4.79 Å². The quantitative estimate of drug-likeness (QED) is 0.875. The number of carbonyl (C=O) groups excluding carboxylic acids is 1. The first-order chi connectivity index (χ1) is 11.8. The van der Waals surface area contributed by atoms with Gasteiger partial charge in [0.2, 0.25) is 5.91 Å². The zero-order valence-corrected chi connectivity index (χ0v) is 14.9. The maximum Gasteiger partial charge on any atom is 0.237 e.